The molecule has 0 heterocycles. The second-order valence-corrected chi connectivity index (χ2v) is 5.22. The molecule has 0 radical (unpaired) electrons. The molecule has 0 saturated carbocycles. The molecule has 118 valence electrons. The second kappa shape index (κ2) is 12.9. The Labute approximate surface area is 123 Å². The molecule has 0 rings (SSSR count). The van der Waals surface area contributed by atoms with Crippen LogP contribution in [0.5, 0.6) is 0 Å². The van der Waals surface area contributed by atoms with Crippen molar-refractivity contribution in [1.29, 1.82) is 0 Å². The van der Waals surface area contributed by atoms with Crippen molar-refractivity contribution in [3.8, 4) is 0 Å². The van der Waals surface area contributed by atoms with Gasteiger partial charge >= 0.3 is 0 Å². The van der Waals surface area contributed by atoms with Crippen LogP contribution in [0.25, 0.3) is 0 Å². The fourth-order valence-electron chi connectivity index (χ4n) is 2.17. The molecule has 0 spiro atoms. The zero-order valence-electron chi connectivity index (χ0n) is 13.0. The fourth-order valence-corrected chi connectivity index (χ4v) is 2.17. The molecule has 20 heavy (non-hydrogen) atoms. The molecule has 0 saturated heterocycles. The highest BCUT2D eigenvalue weighted by Gasteiger charge is 2.10. The van der Waals surface area contributed by atoms with Crippen LogP contribution in [0, 0.1) is 5.92 Å². The molecule has 0 aromatic carbocycles. The first-order chi connectivity index (χ1) is 9.63. The van der Waals surface area contributed by atoms with Crippen LogP contribution in [0.15, 0.2) is 0 Å². The Morgan fingerprint density at radius 1 is 0.900 bits per heavy atom. The fraction of sp³-hybridized carbons (Fsp3) is 0.867. The van der Waals surface area contributed by atoms with Gasteiger partial charge in [0.2, 0.25) is 11.8 Å². The summed E-state index contributed by atoms with van der Waals surface area (Å²) < 4.78 is 0. The number of carbonyl (C=O) groups excluding carboxylic acids is 2. The summed E-state index contributed by atoms with van der Waals surface area (Å²) in [7, 11) is 0. The lowest BCUT2D eigenvalue weighted by molar-refractivity contribution is -0.122. The average molecular weight is 285 g/mol. The van der Waals surface area contributed by atoms with Crippen LogP contribution in [0.1, 0.15) is 58.8 Å². The number of amides is 2. The number of nitrogens with one attached hydrogen (secondary N) is 2. The summed E-state index contributed by atoms with van der Waals surface area (Å²) in [5, 5.41) is 5.58. The molecule has 0 bridgehead atoms. The lowest BCUT2D eigenvalue weighted by atomic mass is 9.94. The normalized spacial score (nSPS) is 11.9. The molecule has 0 aliphatic carbocycles. The van der Waals surface area contributed by atoms with Gasteiger partial charge in [-0.05, 0) is 31.7 Å². The van der Waals surface area contributed by atoms with E-state index in [4.69, 9.17) is 5.73 Å². The topological polar surface area (TPSA) is 84.2 Å². The Bertz CT molecular complexity index is 264. The summed E-state index contributed by atoms with van der Waals surface area (Å²) in [6, 6.07) is 0. The Morgan fingerprint density at radius 3 is 2.15 bits per heavy atom. The average Bonchev–Trinajstić information content (AvgIpc) is 2.43. The van der Waals surface area contributed by atoms with E-state index in [1.165, 1.54) is 0 Å². The van der Waals surface area contributed by atoms with Crippen molar-refractivity contribution in [2.24, 2.45) is 11.7 Å². The molecule has 0 aliphatic heterocycles. The van der Waals surface area contributed by atoms with Crippen LogP contribution in [0.3, 0.4) is 0 Å². The SMILES string of the molecule is CCCNC(=O)CCNC(=O)CCC(CCC)CCN. The van der Waals surface area contributed by atoms with Crippen molar-refractivity contribution in [1.82, 2.24) is 10.6 Å². The number of hydrogen-bond donors (Lipinski definition) is 3. The van der Waals surface area contributed by atoms with Gasteiger partial charge < -0.3 is 16.4 Å². The molecular weight excluding hydrogens is 254 g/mol. The molecule has 5 nitrogen and oxygen atoms in total. The molecule has 0 fully saturated rings. The summed E-state index contributed by atoms with van der Waals surface area (Å²) >= 11 is 0. The van der Waals surface area contributed by atoms with E-state index in [2.05, 4.69) is 17.6 Å². The summed E-state index contributed by atoms with van der Waals surface area (Å²) in [4.78, 5) is 23.0. The standard InChI is InChI=1S/C15H31N3O2/c1-3-5-13(8-10-16)6-7-14(19)18-12-9-15(20)17-11-4-2/h13H,3-12,16H2,1-2H3,(H,17,20)(H,18,19). The van der Waals surface area contributed by atoms with Gasteiger partial charge in [-0.15, -0.1) is 0 Å². The van der Waals surface area contributed by atoms with Crippen LogP contribution in [0.2, 0.25) is 0 Å². The molecule has 0 aromatic rings. The van der Waals surface area contributed by atoms with E-state index in [9.17, 15) is 9.59 Å². The summed E-state index contributed by atoms with van der Waals surface area (Å²) in [5.74, 6) is 0.578. The highest BCUT2D eigenvalue weighted by atomic mass is 16.2. The van der Waals surface area contributed by atoms with E-state index in [0.717, 1.165) is 32.1 Å². The lowest BCUT2D eigenvalue weighted by Gasteiger charge is -2.14. The monoisotopic (exact) mass is 285 g/mol. The first kappa shape index (κ1) is 18.9. The van der Waals surface area contributed by atoms with Gasteiger partial charge in [0.15, 0.2) is 0 Å². The van der Waals surface area contributed by atoms with Gasteiger partial charge in [0.05, 0.1) is 0 Å². The van der Waals surface area contributed by atoms with Crippen LogP contribution in [-0.4, -0.2) is 31.4 Å². The summed E-state index contributed by atoms with van der Waals surface area (Å²) in [5.41, 5.74) is 5.57. The summed E-state index contributed by atoms with van der Waals surface area (Å²) in [6.45, 7) is 5.97. The lowest BCUT2D eigenvalue weighted by Crippen LogP contribution is -2.31. The minimum atomic E-state index is -0.000795. The molecule has 4 N–H and O–H groups in total. The Morgan fingerprint density at radius 2 is 1.55 bits per heavy atom. The quantitative estimate of drug-likeness (QED) is 0.509. The van der Waals surface area contributed by atoms with Crippen molar-refractivity contribution in [2.75, 3.05) is 19.6 Å². The highest BCUT2D eigenvalue weighted by molar-refractivity contribution is 5.78. The molecule has 0 aliphatic rings. The van der Waals surface area contributed by atoms with E-state index in [1.807, 2.05) is 6.92 Å². The molecule has 1 unspecified atom stereocenters. The number of hydrogen-bond acceptors (Lipinski definition) is 3. The molecule has 2 amide bonds. The number of rotatable bonds is 12. The summed E-state index contributed by atoms with van der Waals surface area (Å²) in [6.07, 6.45) is 5.94. The maximum Gasteiger partial charge on any atom is 0.221 e. The first-order valence-electron chi connectivity index (χ1n) is 7.87. The zero-order valence-corrected chi connectivity index (χ0v) is 13.0. The van der Waals surface area contributed by atoms with Gasteiger partial charge in [-0.25, -0.2) is 0 Å². The Kier molecular flexibility index (Phi) is 12.2. The highest BCUT2D eigenvalue weighted by Crippen LogP contribution is 2.16. The van der Waals surface area contributed by atoms with Crippen LogP contribution in [0.4, 0.5) is 0 Å². The van der Waals surface area contributed by atoms with Crippen molar-refractivity contribution < 1.29 is 9.59 Å². The molecular formula is C15H31N3O2. The minimum absolute atomic E-state index is 0.000795. The van der Waals surface area contributed by atoms with E-state index in [1.54, 1.807) is 0 Å². The zero-order chi connectivity index (χ0) is 15.2. The largest absolute Gasteiger partial charge is 0.356 e. The third-order valence-electron chi connectivity index (χ3n) is 3.30. The third-order valence-corrected chi connectivity index (χ3v) is 3.30. The minimum Gasteiger partial charge on any atom is -0.356 e. The number of carbonyl (C=O) groups is 2. The van der Waals surface area contributed by atoms with Gasteiger partial charge in [0.1, 0.15) is 0 Å². The smallest absolute Gasteiger partial charge is 0.221 e. The third kappa shape index (κ3) is 10.8. The Hall–Kier alpha value is -1.10. The first-order valence-corrected chi connectivity index (χ1v) is 7.87. The van der Waals surface area contributed by atoms with E-state index < -0.39 is 0 Å². The maximum atomic E-state index is 11.7. The predicted octanol–water partition coefficient (Wildman–Crippen LogP) is 1.56. The number of nitrogens with two attached hydrogens (primary N) is 1. The second-order valence-electron chi connectivity index (χ2n) is 5.22. The predicted molar refractivity (Wildman–Crippen MR) is 82.2 cm³/mol. The van der Waals surface area contributed by atoms with Crippen molar-refractivity contribution in [2.45, 2.75) is 58.8 Å². The van der Waals surface area contributed by atoms with Gasteiger partial charge in [-0.3, -0.25) is 9.59 Å². The van der Waals surface area contributed by atoms with Gasteiger partial charge in [-0.1, -0.05) is 26.7 Å². The van der Waals surface area contributed by atoms with Crippen LogP contribution < -0.4 is 16.4 Å². The van der Waals surface area contributed by atoms with Gasteiger partial charge in [0.25, 0.3) is 0 Å². The van der Waals surface area contributed by atoms with Crippen molar-refractivity contribution in [3.63, 3.8) is 0 Å². The molecule has 0 aromatic heterocycles. The van der Waals surface area contributed by atoms with E-state index >= 15 is 0 Å². The van der Waals surface area contributed by atoms with E-state index in [-0.39, 0.29) is 11.8 Å². The molecule has 5 heteroatoms. The van der Waals surface area contributed by atoms with E-state index in [0.29, 0.717) is 38.4 Å². The Balaban J connectivity index is 3.68. The van der Waals surface area contributed by atoms with Gasteiger partial charge in [0, 0.05) is 25.9 Å². The van der Waals surface area contributed by atoms with Crippen LogP contribution in [-0.2, 0) is 9.59 Å². The van der Waals surface area contributed by atoms with Crippen molar-refractivity contribution in [3.05, 3.63) is 0 Å². The molecule has 1 atom stereocenters. The van der Waals surface area contributed by atoms with Crippen LogP contribution >= 0.6 is 0 Å². The van der Waals surface area contributed by atoms with Gasteiger partial charge in [-0.2, -0.15) is 0 Å². The maximum absolute atomic E-state index is 11.7. The van der Waals surface area contributed by atoms with Crippen molar-refractivity contribution >= 4 is 11.8 Å².